The fraction of sp³-hybridized carbons (Fsp3) is 0.500. The number of aryl methyl sites for hydroxylation is 1. The first-order valence-corrected chi connectivity index (χ1v) is 7.39. The lowest BCUT2D eigenvalue weighted by Gasteiger charge is -2.27. The van der Waals surface area contributed by atoms with Crippen molar-refractivity contribution >= 4 is 0 Å². The first-order valence-electron chi connectivity index (χ1n) is 7.39. The molecule has 3 rings (SSSR count). The maximum Gasteiger partial charge on any atom is 0.0742 e. The second-order valence-corrected chi connectivity index (χ2v) is 5.69. The zero-order chi connectivity index (χ0) is 14.7. The highest BCUT2D eigenvalue weighted by molar-refractivity contribution is 5.13. The minimum absolute atomic E-state index is 0.293. The highest BCUT2D eigenvalue weighted by atomic mass is 16.5. The van der Waals surface area contributed by atoms with Crippen molar-refractivity contribution in [3.05, 3.63) is 48.0 Å². The Hall–Kier alpha value is -1.72. The molecule has 0 unspecified atom stereocenters. The molecule has 5 nitrogen and oxygen atoms in total. The minimum atomic E-state index is 0.293. The Bertz CT molecular complexity index is 569. The zero-order valence-electron chi connectivity index (χ0n) is 12.6. The molecule has 0 saturated carbocycles. The normalized spacial score (nSPS) is 22.8. The first-order chi connectivity index (χ1) is 10.3. The summed E-state index contributed by atoms with van der Waals surface area (Å²) < 4.78 is 7.54. The summed E-state index contributed by atoms with van der Waals surface area (Å²) in [6.45, 7) is 2.00. The molecule has 1 aliphatic rings. The molecule has 0 radical (unpaired) electrons. The van der Waals surface area contributed by atoms with Gasteiger partial charge < -0.3 is 4.74 Å². The topological polar surface area (TPSA) is 43.2 Å². The molecule has 0 bridgehead atoms. The summed E-state index contributed by atoms with van der Waals surface area (Å²) in [6.07, 6.45) is 10.2. The van der Waals surface area contributed by atoms with E-state index in [1.54, 1.807) is 0 Å². The maximum absolute atomic E-state index is 5.69. The average Bonchev–Trinajstić information content (AvgIpc) is 3.08. The largest absolute Gasteiger partial charge is 0.380 e. The summed E-state index contributed by atoms with van der Waals surface area (Å²) in [7, 11) is 3.77. The van der Waals surface area contributed by atoms with Crippen molar-refractivity contribution < 1.29 is 4.74 Å². The Balaban J connectivity index is 1.72. The van der Waals surface area contributed by atoms with Crippen LogP contribution in [-0.4, -0.2) is 45.5 Å². The van der Waals surface area contributed by atoms with E-state index in [0.717, 1.165) is 25.9 Å². The van der Waals surface area contributed by atoms with Gasteiger partial charge in [-0.3, -0.25) is 14.6 Å². The molecule has 3 heterocycles. The predicted molar refractivity (Wildman–Crippen MR) is 80.8 cm³/mol. The van der Waals surface area contributed by atoms with E-state index in [2.05, 4.69) is 27.2 Å². The standard InChI is InChI=1S/C16H22N4O/c1-19-11-14(10-18-19)12-20-7-5-16(21-2)15(20)8-13-4-3-6-17-9-13/h3-4,6,9-11,15-16H,5,7-8,12H2,1-2H3/t15-,16-/m1/s1. The van der Waals surface area contributed by atoms with Gasteiger partial charge in [-0.05, 0) is 24.5 Å². The molecule has 0 aromatic carbocycles. The van der Waals surface area contributed by atoms with Crippen LogP contribution in [0.25, 0.3) is 0 Å². The molecule has 0 N–H and O–H groups in total. The van der Waals surface area contributed by atoms with Gasteiger partial charge in [0.15, 0.2) is 0 Å². The van der Waals surface area contributed by atoms with Crippen LogP contribution in [0.2, 0.25) is 0 Å². The quantitative estimate of drug-likeness (QED) is 0.838. The number of pyridine rings is 1. The van der Waals surface area contributed by atoms with Crippen LogP contribution >= 0.6 is 0 Å². The lowest BCUT2D eigenvalue weighted by atomic mass is 10.0. The second-order valence-electron chi connectivity index (χ2n) is 5.69. The number of hydrogen-bond acceptors (Lipinski definition) is 4. The van der Waals surface area contributed by atoms with Crippen molar-refractivity contribution in [3.8, 4) is 0 Å². The summed E-state index contributed by atoms with van der Waals surface area (Å²) in [5.41, 5.74) is 2.52. The van der Waals surface area contributed by atoms with E-state index in [4.69, 9.17) is 4.74 Å². The monoisotopic (exact) mass is 286 g/mol. The van der Waals surface area contributed by atoms with Crippen LogP contribution in [0, 0.1) is 0 Å². The SMILES string of the molecule is CO[C@@H]1CCN(Cc2cnn(C)c2)[C@@H]1Cc1cccnc1. The third-order valence-corrected chi connectivity index (χ3v) is 4.21. The third-order valence-electron chi connectivity index (χ3n) is 4.21. The highest BCUT2D eigenvalue weighted by Crippen LogP contribution is 2.25. The van der Waals surface area contributed by atoms with Gasteiger partial charge in [0, 0.05) is 57.4 Å². The van der Waals surface area contributed by atoms with Crippen molar-refractivity contribution in [2.45, 2.75) is 31.5 Å². The summed E-state index contributed by atoms with van der Waals surface area (Å²) in [5, 5.41) is 4.26. The van der Waals surface area contributed by atoms with Crippen LogP contribution in [-0.2, 0) is 24.8 Å². The van der Waals surface area contributed by atoms with Crippen LogP contribution < -0.4 is 0 Å². The lowest BCUT2D eigenvalue weighted by Crippen LogP contribution is -2.37. The van der Waals surface area contributed by atoms with Gasteiger partial charge in [0.2, 0.25) is 0 Å². The van der Waals surface area contributed by atoms with Gasteiger partial charge in [0.05, 0.1) is 12.3 Å². The molecule has 0 amide bonds. The maximum atomic E-state index is 5.69. The zero-order valence-corrected chi connectivity index (χ0v) is 12.6. The van der Waals surface area contributed by atoms with E-state index in [1.807, 2.05) is 43.5 Å². The van der Waals surface area contributed by atoms with Crippen molar-refractivity contribution in [1.29, 1.82) is 0 Å². The molecule has 1 saturated heterocycles. The number of likely N-dealkylation sites (tertiary alicyclic amines) is 1. The number of methoxy groups -OCH3 is 1. The van der Waals surface area contributed by atoms with E-state index >= 15 is 0 Å². The van der Waals surface area contributed by atoms with Crippen molar-refractivity contribution in [3.63, 3.8) is 0 Å². The molecule has 0 aliphatic carbocycles. The van der Waals surface area contributed by atoms with Gasteiger partial charge in [0.1, 0.15) is 0 Å². The van der Waals surface area contributed by atoms with Crippen LogP contribution in [0.4, 0.5) is 0 Å². The Morgan fingerprint density at radius 1 is 1.33 bits per heavy atom. The lowest BCUT2D eigenvalue weighted by molar-refractivity contribution is 0.0638. The van der Waals surface area contributed by atoms with Crippen LogP contribution in [0.1, 0.15) is 17.5 Å². The molecule has 0 spiro atoms. The molecule has 2 atom stereocenters. The van der Waals surface area contributed by atoms with E-state index in [-0.39, 0.29) is 0 Å². The Morgan fingerprint density at radius 2 is 2.24 bits per heavy atom. The molecule has 5 heteroatoms. The van der Waals surface area contributed by atoms with Gasteiger partial charge in [-0.1, -0.05) is 6.07 Å². The van der Waals surface area contributed by atoms with E-state index in [0.29, 0.717) is 12.1 Å². The Kier molecular flexibility index (Phi) is 4.31. The van der Waals surface area contributed by atoms with Gasteiger partial charge in [0.25, 0.3) is 0 Å². The first kappa shape index (κ1) is 14.2. The fourth-order valence-electron chi connectivity index (χ4n) is 3.17. The molecule has 112 valence electrons. The van der Waals surface area contributed by atoms with Gasteiger partial charge in [-0.2, -0.15) is 5.10 Å². The van der Waals surface area contributed by atoms with Crippen molar-refractivity contribution in [1.82, 2.24) is 19.7 Å². The fourth-order valence-corrected chi connectivity index (χ4v) is 3.17. The van der Waals surface area contributed by atoms with E-state index < -0.39 is 0 Å². The molecule has 2 aromatic heterocycles. The van der Waals surface area contributed by atoms with Crippen LogP contribution in [0.3, 0.4) is 0 Å². The molecule has 21 heavy (non-hydrogen) atoms. The average molecular weight is 286 g/mol. The Morgan fingerprint density at radius 3 is 2.90 bits per heavy atom. The van der Waals surface area contributed by atoms with Gasteiger partial charge in [-0.15, -0.1) is 0 Å². The number of nitrogens with zero attached hydrogens (tertiary/aromatic N) is 4. The van der Waals surface area contributed by atoms with Crippen LogP contribution in [0.5, 0.6) is 0 Å². The molecule has 1 fully saturated rings. The smallest absolute Gasteiger partial charge is 0.0742 e. The van der Waals surface area contributed by atoms with Crippen molar-refractivity contribution in [2.75, 3.05) is 13.7 Å². The third kappa shape index (κ3) is 3.31. The molecular formula is C16H22N4O. The summed E-state index contributed by atoms with van der Waals surface area (Å²) in [6, 6.07) is 4.54. The van der Waals surface area contributed by atoms with Crippen molar-refractivity contribution in [2.24, 2.45) is 7.05 Å². The minimum Gasteiger partial charge on any atom is -0.380 e. The predicted octanol–water partition coefficient (Wildman–Crippen LogP) is 1.65. The second kappa shape index (κ2) is 6.37. The van der Waals surface area contributed by atoms with Crippen LogP contribution in [0.15, 0.2) is 36.9 Å². The number of rotatable bonds is 5. The number of hydrogen-bond donors (Lipinski definition) is 0. The van der Waals surface area contributed by atoms with E-state index in [1.165, 1.54) is 11.1 Å². The van der Waals surface area contributed by atoms with Gasteiger partial charge >= 0.3 is 0 Å². The molecule has 1 aliphatic heterocycles. The Labute approximate surface area is 125 Å². The van der Waals surface area contributed by atoms with E-state index in [9.17, 15) is 0 Å². The molecular weight excluding hydrogens is 264 g/mol. The number of ether oxygens (including phenoxy) is 1. The molecule has 2 aromatic rings. The summed E-state index contributed by atoms with van der Waals surface area (Å²) >= 11 is 0. The number of aromatic nitrogens is 3. The van der Waals surface area contributed by atoms with Gasteiger partial charge in [-0.25, -0.2) is 0 Å². The summed E-state index contributed by atoms with van der Waals surface area (Å²) in [5.74, 6) is 0. The highest BCUT2D eigenvalue weighted by Gasteiger charge is 2.34. The summed E-state index contributed by atoms with van der Waals surface area (Å²) in [4.78, 5) is 6.72.